The molecule has 3 atom stereocenters. The van der Waals surface area contributed by atoms with Gasteiger partial charge in [-0.05, 0) is 42.9 Å². The van der Waals surface area contributed by atoms with Gasteiger partial charge < -0.3 is 10.1 Å². The molecule has 1 N–H and O–H groups in total. The van der Waals surface area contributed by atoms with Crippen LogP contribution in [0.1, 0.15) is 44.6 Å². The van der Waals surface area contributed by atoms with Gasteiger partial charge in [-0.15, -0.1) is 0 Å². The maximum absolute atomic E-state index is 12.4. The van der Waals surface area contributed by atoms with Crippen LogP contribution in [0.3, 0.4) is 0 Å². The van der Waals surface area contributed by atoms with Gasteiger partial charge in [0, 0.05) is 18.1 Å². The predicted octanol–water partition coefficient (Wildman–Crippen LogP) is 4.14. The molecule has 0 saturated heterocycles. The summed E-state index contributed by atoms with van der Waals surface area (Å²) in [5.74, 6) is 1.82. The lowest BCUT2D eigenvalue weighted by atomic mass is 9.95. The normalized spacial score (nSPS) is 26.7. The summed E-state index contributed by atoms with van der Waals surface area (Å²) in [5.41, 5.74) is 0.425. The van der Waals surface area contributed by atoms with Crippen molar-refractivity contribution in [2.45, 2.75) is 44.6 Å². The SMILES string of the molecule is CO[C@@](C)(CNC(=O)[C@@H]1C[C@H]1C1CCCC1)c1cccc(Cl)c1. The zero-order valence-electron chi connectivity index (χ0n) is 14.0. The maximum Gasteiger partial charge on any atom is 0.223 e. The minimum atomic E-state index is -0.557. The van der Waals surface area contributed by atoms with Crippen LogP contribution in [0.2, 0.25) is 5.02 Å². The molecule has 0 aromatic heterocycles. The molecule has 2 fully saturated rings. The van der Waals surface area contributed by atoms with Crippen LogP contribution in [0.25, 0.3) is 0 Å². The molecule has 0 spiro atoms. The average Bonchev–Trinajstić information content (AvgIpc) is 3.17. The largest absolute Gasteiger partial charge is 0.372 e. The second kappa shape index (κ2) is 6.82. The van der Waals surface area contributed by atoms with Crippen LogP contribution in [0.4, 0.5) is 0 Å². The van der Waals surface area contributed by atoms with Crippen LogP contribution in [-0.4, -0.2) is 19.6 Å². The Morgan fingerprint density at radius 3 is 2.78 bits per heavy atom. The van der Waals surface area contributed by atoms with Crippen molar-refractivity contribution in [2.24, 2.45) is 17.8 Å². The Morgan fingerprint density at radius 1 is 1.39 bits per heavy atom. The number of carbonyl (C=O) groups is 1. The molecular formula is C19H26ClNO2. The minimum Gasteiger partial charge on any atom is -0.372 e. The quantitative estimate of drug-likeness (QED) is 0.848. The van der Waals surface area contributed by atoms with E-state index in [4.69, 9.17) is 16.3 Å². The molecule has 1 aromatic carbocycles. The molecule has 1 amide bonds. The Kier molecular flexibility index (Phi) is 4.98. The van der Waals surface area contributed by atoms with Gasteiger partial charge in [0.1, 0.15) is 5.60 Å². The van der Waals surface area contributed by atoms with Crippen molar-refractivity contribution < 1.29 is 9.53 Å². The predicted molar refractivity (Wildman–Crippen MR) is 92.4 cm³/mol. The van der Waals surface area contributed by atoms with Gasteiger partial charge in [-0.2, -0.15) is 0 Å². The van der Waals surface area contributed by atoms with Gasteiger partial charge >= 0.3 is 0 Å². The number of hydrogen-bond acceptors (Lipinski definition) is 2. The van der Waals surface area contributed by atoms with Crippen molar-refractivity contribution in [1.82, 2.24) is 5.32 Å². The van der Waals surface area contributed by atoms with Gasteiger partial charge in [0.25, 0.3) is 0 Å². The molecule has 0 radical (unpaired) electrons. The van der Waals surface area contributed by atoms with Crippen LogP contribution in [-0.2, 0) is 15.1 Å². The molecule has 0 heterocycles. The number of amides is 1. The molecule has 126 valence electrons. The molecule has 2 aliphatic carbocycles. The van der Waals surface area contributed by atoms with E-state index < -0.39 is 5.60 Å². The lowest BCUT2D eigenvalue weighted by molar-refractivity contribution is -0.124. The van der Waals surface area contributed by atoms with Crippen LogP contribution in [0.5, 0.6) is 0 Å². The number of ether oxygens (including phenoxy) is 1. The number of rotatable bonds is 6. The Hall–Kier alpha value is -1.06. The first-order chi connectivity index (χ1) is 11.0. The summed E-state index contributed by atoms with van der Waals surface area (Å²) in [4.78, 5) is 12.4. The first-order valence-electron chi connectivity index (χ1n) is 8.62. The average molecular weight is 336 g/mol. The number of halogens is 1. The topological polar surface area (TPSA) is 38.3 Å². The van der Waals surface area contributed by atoms with Crippen LogP contribution in [0.15, 0.2) is 24.3 Å². The van der Waals surface area contributed by atoms with E-state index in [0.29, 0.717) is 17.5 Å². The van der Waals surface area contributed by atoms with Crippen molar-refractivity contribution in [2.75, 3.05) is 13.7 Å². The highest BCUT2D eigenvalue weighted by molar-refractivity contribution is 6.30. The molecular weight excluding hydrogens is 310 g/mol. The zero-order chi connectivity index (χ0) is 16.4. The Balaban J connectivity index is 1.56. The van der Waals surface area contributed by atoms with Gasteiger partial charge in [0.2, 0.25) is 5.91 Å². The van der Waals surface area contributed by atoms with Gasteiger partial charge in [-0.3, -0.25) is 4.79 Å². The molecule has 23 heavy (non-hydrogen) atoms. The zero-order valence-corrected chi connectivity index (χ0v) is 14.7. The van der Waals surface area contributed by atoms with E-state index in [9.17, 15) is 4.79 Å². The standard InChI is InChI=1S/C19H26ClNO2/c1-19(23-2,14-8-5-9-15(20)10-14)12-21-18(22)17-11-16(17)13-6-3-4-7-13/h5,8-10,13,16-17H,3-4,6-7,11-12H2,1-2H3,(H,21,22)/t16-,17+,19-/m0/s1. The highest BCUT2D eigenvalue weighted by Gasteiger charge is 2.48. The highest BCUT2D eigenvalue weighted by atomic mass is 35.5. The van der Waals surface area contributed by atoms with Gasteiger partial charge in [-0.25, -0.2) is 0 Å². The summed E-state index contributed by atoms with van der Waals surface area (Å²) >= 11 is 6.08. The molecule has 3 rings (SSSR count). The molecule has 0 bridgehead atoms. The Morgan fingerprint density at radius 2 is 2.13 bits per heavy atom. The Bertz CT molecular complexity index is 570. The summed E-state index contributed by atoms with van der Waals surface area (Å²) in [6, 6.07) is 7.64. The van der Waals surface area contributed by atoms with Gasteiger partial charge in [0.15, 0.2) is 0 Å². The summed E-state index contributed by atoms with van der Waals surface area (Å²) in [5, 5.41) is 3.78. The van der Waals surface area contributed by atoms with Crippen molar-refractivity contribution in [3.63, 3.8) is 0 Å². The van der Waals surface area contributed by atoms with E-state index in [0.717, 1.165) is 17.9 Å². The molecule has 2 saturated carbocycles. The minimum absolute atomic E-state index is 0.187. The third-order valence-corrected chi connectivity index (χ3v) is 5.90. The van der Waals surface area contributed by atoms with E-state index in [-0.39, 0.29) is 11.8 Å². The van der Waals surface area contributed by atoms with E-state index >= 15 is 0 Å². The van der Waals surface area contributed by atoms with Gasteiger partial charge in [-0.1, -0.05) is 49.4 Å². The van der Waals surface area contributed by atoms with Crippen LogP contribution in [0, 0.1) is 17.8 Å². The second-order valence-corrected chi connectivity index (χ2v) is 7.65. The third-order valence-electron chi connectivity index (χ3n) is 5.67. The van der Waals surface area contributed by atoms with Crippen molar-refractivity contribution in [1.29, 1.82) is 0 Å². The molecule has 0 aliphatic heterocycles. The number of hydrogen-bond donors (Lipinski definition) is 1. The summed E-state index contributed by atoms with van der Waals surface area (Å²) in [6.07, 6.45) is 6.37. The van der Waals surface area contributed by atoms with Crippen LogP contribution >= 0.6 is 11.6 Å². The molecule has 4 heteroatoms. The molecule has 2 aliphatic rings. The monoisotopic (exact) mass is 335 g/mol. The summed E-state index contributed by atoms with van der Waals surface area (Å²) in [6.45, 7) is 2.46. The lowest BCUT2D eigenvalue weighted by Crippen LogP contribution is -2.41. The van der Waals surface area contributed by atoms with Crippen molar-refractivity contribution in [3.05, 3.63) is 34.9 Å². The third kappa shape index (κ3) is 3.72. The van der Waals surface area contributed by atoms with E-state index in [1.54, 1.807) is 7.11 Å². The number of methoxy groups -OCH3 is 1. The maximum atomic E-state index is 12.4. The second-order valence-electron chi connectivity index (χ2n) is 7.21. The number of nitrogens with one attached hydrogen (secondary N) is 1. The molecule has 0 unspecified atom stereocenters. The molecule has 1 aromatic rings. The number of benzene rings is 1. The highest BCUT2D eigenvalue weighted by Crippen LogP contribution is 2.50. The van der Waals surface area contributed by atoms with E-state index in [2.05, 4.69) is 5.32 Å². The number of carbonyl (C=O) groups excluding carboxylic acids is 1. The summed E-state index contributed by atoms with van der Waals surface area (Å²) < 4.78 is 5.68. The fraction of sp³-hybridized carbons (Fsp3) is 0.632. The van der Waals surface area contributed by atoms with Crippen molar-refractivity contribution in [3.8, 4) is 0 Å². The first-order valence-corrected chi connectivity index (χ1v) is 9.00. The van der Waals surface area contributed by atoms with E-state index in [1.807, 2.05) is 31.2 Å². The van der Waals surface area contributed by atoms with E-state index in [1.165, 1.54) is 25.7 Å². The van der Waals surface area contributed by atoms with Crippen LogP contribution < -0.4 is 5.32 Å². The smallest absolute Gasteiger partial charge is 0.223 e. The van der Waals surface area contributed by atoms with Crippen molar-refractivity contribution >= 4 is 17.5 Å². The summed E-state index contributed by atoms with van der Waals surface area (Å²) in [7, 11) is 1.67. The lowest BCUT2D eigenvalue weighted by Gasteiger charge is -2.29. The molecule has 3 nitrogen and oxygen atoms in total. The fourth-order valence-corrected chi connectivity index (χ4v) is 4.11. The fourth-order valence-electron chi connectivity index (χ4n) is 3.92. The van der Waals surface area contributed by atoms with Gasteiger partial charge in [0.05, 0.1) is 6.54 Å². The Labute approximate surface area is 143 Å². The first kappa shape index (κ1) is 16.8.